The minimum Gasteiger partial charge on any atom is -0.352 e. The van der Waals surface area contributed by atoms with Gasteiger partial charge >= 0.3 is 0 Å². The Hall–Kier alpha value is -1.84. The van der Waals surface area contributed by atoms with Crippen LogP contribution in [0.1, 0.15) is 28.8 Å². The summed E-state index contributed by atoms with van der Waals surface area (Å²) in [6.45, 7) is 3.94. The zero-order valence-corrected chi connectivity index (χ0v) is 14.5. The van der Waals surface area contributed by atoms with Gasteiger partial charge in [-0.25, -0.2) is 0 Å². The molecule has 1 saturated heterocycles. The maximum absolute atomic E-state index is 12.2. The Kier molecular flexibility index (Phi) is 5.89. The molecule has 3 nitrogen and oxygen atoms in total. The highest BCUT2D eigenvalue weighted by Crippen LogP contribution is 2.19. The molecule has 126 valence electrons. The molecule has 4 heteroatoms. The van der Waals surface area contributed by atoms with E-state index >= 15 is 0 Å². The molecule has 0 unspecified atom stereocenters. The molecule has 2 aromatic rings. The number of nitrogens with one attached hydrogen (secondary N) is 1. The molecule has 1 N–H and O–H groups in total. The van der Waals surface area contributed by atoms with E-state index in [0.29, 0.717) is 16.5 Å². The van der Waals surface area contributed by atoms with E-state index in [1.165, 1.54) is 5.56 Å². The Bertz CT molecular complexity index is 666. The minimum absolute atomic E-state index is 0.0378. The first-order chi connectivity index (χ1) is 11.7. The fourth-order valence-electron chi connectivity index (χ4n) is 3.16. The number of amides is 1. The average Bonchev–Trinajstić information content (AvgIpc) is 2.62. The lowest BCUT2D eigenvalue weighted by Crippen LogP contribution is -2.38. The summed E-state index contributed by atoms with van der Waals surface area (Å²) in [7, 11) is 0. The standard InChI is InChI=1S/C20H23ClN2O/c21-19-8-4-7-18(13-19)20(24)22-14-16-9-11-23(12-10-16)15-17-5-2-1-3-6-17/h1-8,13,16H,9-12,14-15H2,(H,22,24). The van der Waals surface area contributed by atoms with Gasteiger partial charge in [0.05, 0.1) is 0 Å². The Balaban J connectivity index is 1.42. The van der Waals surface area contributed by atoms with Crippen LogP contribution in [0, 0.1) is 5.92 Å². The van der Waals surface area contributed by atoms with Crippen LogP contribution < -0.4 is 5.32 Å². The molecular weight excluding hydrogens is 320 g/mol. The van der Waals surface area contributed by atoms with Crippen molar-refractivity contribution in [3.05, 3.63) is 70.7 Å². The second-order valence-corrected chi connectivity index (χ2v) is 6.86. The SMILES string of the molecule is O=C(NCC1CCN(Cc2ccccc2)CC1)c1cccc(Cl)c1. The van der Waals surface area contributed by atoms with Crippen LogP contribution >= 0.6 is 11.6 Å². The highest BCUT2D eigenvalue weighted by atomic mass is 35.5. The number of piperidine rings is 1. The van der Waals surface area contributed by atoms with Crippen LogP contribution in [0.2, 0.25) is 5.02 Å². The van der Waals surface area contributed by atoms with Crippen LogP contribution in [-0.2, 0) is 6.54 Å². The van der Waals surface area contributed by atoms with Crippen LogP contribution in [0.4, 0.5) is 0 Å². The van der Waals surface area contributed by atoms with Gasteiger partial charge in [-0.1, -0.05) is 48.0 Å². The quantitative estimate of drug-likeness (QED) is 0.891. The van der Waals surface area contributed by atoms with Crippen molar-refractivity contribution in [2.75, 3.05) is 19.6 Å². The smallest absolute Gasteiger partial charge is 0.251 e. The molecule has 1 amide bonds. The molecule has 0 atom stereocenters. The van der Waals surface area contributed by atoms with Crippen LogP contribution in [0.5, 0.6) is 0 Å². The number of hydrogen-bond acceptors (Lipinski definition) is 2. The molecule has 1 fully saturated rings. The van der Waals surface area contributed by atoms with Crippen molar-refractivity contribution in [1.82, 2.24) is 10.2 Å². The van der Waals surface area contributed by atoms with Gasteiger partial charge in [0.2, 0.25) is 0 Å². The molecule has 0 aromatic heterocycles. The first-order valence-electron chi connectivity index (χ1n) is 8.51. The third-order valence-corrected chi connectivity index (χ3v) is 4.83. The fourth-order valence-corrected chi connectivity index (χ4v) is 3.35. The predicted molar refractivity (Wildman–Crippen MR) is 98.2 cm³/mol. The molecular formula is C20H23ClN2O. The number of rotatable bonds is 5. The van der Waals surface area contributed by atoms with Gasteiger partial charge in [0, 0.05) is 23.7 Å². The average molecular weight is 343 g/mol. The van der Waals surface area contributed by atoms with Crippen molar-refractivity contribution in [3.63, 3.8) is 0 Å². The number of carbonyl (C=O) groups excluding carboxylic acids is 1. The normalized spacial score (nSPS) is 16.0. The van der Waals surface area contributed by atoms with Crippen molar-refractivity contribution in [1.29, 1.82) is 0 Å². The first kappa shape index (κ1) is 17.0. The molecule has 3 rings (SSSR count). The van der Waals surface area contributed by atoms with E-state index < -0.39 is 0 Å². The number of likely N-dealkylation sites (tertiary alicyclic amines) is 1. The van der Waals surface area contributed by atoms with Crippen molar-refractivity contribution in [3.8, 4) is 0 Å². The second-order valence-electron chi connectivity index (χ2n) is 6.43. The van der Waals surface area contributed by atoms with Crippen molar-refractivity contribution < 1.29 is 4.79 Å². The summed E-state index contributed by atoms with van der Waals surface area (Å²) >= 11 is 5.93. The van der Waals surface area contributed by atoms with E-state index in [2.05, 4.69) is 40.5 Å². The molecule has 1 aliphatic rings. The maximum atomic E-state index is 12.2. The lowest BCUT2D eigenvalue weighted by Gasteiger charge is -2.32. The molecule has 0 saturated carbocycles. The van der Waals surface area contributed by atoms with E-state index in [9.17, 15) is 4.79 Å². The summed E-state index contributed by atoms with van der Waals surface area (Å²) in [5.41, 5.74) is 1.99. The highest BCUT2D eigenvalue weighted by Gasteiger charge is 2.20. The third-order valence-electron chi connectivity index (χ3n) is 4.59. The Morgan fingerprint density at radius 3 is 2.54 bits per heavy atom. The Morgan fingerprint density at radius 1 is 1.08 bits per heavy atom. The highest BCUT2D eigenvalue weighted by molar-refractivity contribution is 6.30. The Labute approximate surface area is 148 Å². The van der Waals surface area contributed by atoms with E-state index in [4.69, 9.17) is 11.6 Å². The number of halogens is 1. The van der Waals surface area contributed by atoms with E-state index in [-0.39, 0.29) is 5.91 Å². The van der Waals surface area contributed by atoms with Crippen LogP contribution in [0.25, 0.3) is 0 Å². The number of benzene rings is 2. The molecule has 1 aliphatic heterocycles. The van der Waals surface area contributed by atoms with Gasteiger partial charge in [0.15, 0.2) is 0 Å². The van der Waals surface area contributed by atoms with Crippen molar-refractivity contribution >= 4 is 17.5 Å². The molecule has 1 heterocycles. The number of carbonyl (C=O) groups is 1. The largest absolute Gasteiger partial charge is 0.352 e. The maximum Gasteiger partial charge on any atom is 0.251 e. The summed E-state index contributed by atoms with van der Waals surface area (Å²) in [6.07, 6.45) is 2.26. The number of nitrogens with zero attached hydrogens (tertiary/aromatic N) is 1. The summed E-state index contributed by atoms with van der Waals surface area (Å²) in [6, 6.07) is 17.7. The zero-order chi connectivity index (χ0) is 16.8. The van der Waals surface area contributed by atoms with Crippen molar-refractivity contribution in [2.45, 2.75) is 19.4 Å². The summed E-state index contributed by atoms with van der Waals surface area (Å²) in [5, 5.41) is 3.64. The van der Waals surface area contributed by atoms with Gasteiger partial charge in [0.1, 0.15) is 0 Å². The summed E-state index contributed by atoms with van der Waals surface area (Å²) in [5.74, 6) is 0.518. The van der Waals surface area contributed by atoms with Crippen LogP contribution in [0.15, 0.2) is 54.6 Å². The molecule has 0 aliphatic carbocycles. The van der Waals surface area contributed by atoms with Gasteiger partial charge in [-0.05, 0) is 55.6 Å². The van der Waals surface area contributed by atoms with E-state index in [0.717, 1.165) is 39.0 Å². The van der Waals surface area contributed by atoms with Gasteiger partial charge < -0.3 is 5.32 Å². The lowest BCUT2D eigenvalue weighted by atomic mass is 9.96. The summed E-state index contributed by atoms with van der Waals surface area (Å²) < 4.78 is 0. The van der Waals surface area contributed by atoms with E-state index in [1.54, 1.807) is 24.3 Å². The van der Waals surface area contributed by atoms with Crippen molar-refractivity contribution in [2.24, 2.45) is 5.92 Å². The van der Waals surface area contributed by atoms with E-state index in [1.807, 2.05) is 0 Å². The first-order valence-corrected chi connectivity index (χ1v) is 8.88. The second kappa shape index (κ2) is 8.32. The molecule has 0 spiro atoms. The minimum atomic E-state index is -0.0378. The van der Waals surface area contributed by atoms with Gasteiger partial charge in [-0.3, -0.25) is 9.69 Å². The monoisotopic (exact) mass is 342 g/mol. The molecule has 0 bridgehead atoms. The molecule has 2 aromatic carbocycles. The van der Waals surface area contributed by atoms with Gasteiger partial charge in [-0.15, -0.1) is 0 Å². The molecule has 24 heavy (non-hydrogen) atoms. The van der Waals surface area contributed by atoms with Gasteiger partial charge in [0.25, 0.3) is 5.91 Å². The predicted octanol–water partition coefficient (Wildman–Crippen LogP) is 3.98. The van der Waals surface area contributed by atoms with Crippen LogP contribution in [-0.4, -0.2) is 30.4 Å². The van der Waals surface area contributed by atoms with Gasteiger partial charge in [-0.2, -0.15) is 0 Å². The lowest BCUT2D eigenvalue weighted by molar-refractivity contribution is 0.0935. The van der Waals surface area contributed by atoms with Crippen LogP contribution in [0.3, 0.4) is 0 Å². The Morgan fingerprint density at radius 2 is 1.83 bits per heavy atom. The topological polar surface area (TPSA) is 32.3 Å². The third kappa shape index (κ3) is 4.83. The summed E-state index contributed by atoms with van der Waals surface area (Å²) in [4.78, 5) is 14.7. The number of hydrogen-bond donors (Lipinski definition) is 1. The molecule has 0 radical (unpaired) electrons. The zero-order valence-electron chi connectivity index (χ0n) is 13.7. The fraction of sp³-hybridized carbons (Fsp3) is 0.350.